The fraction of sp³-hybridized carbons (Fsp3) is 0.111. The smallest absolute Gasteiger partial charge is 0.234 e. The van der Waals surface area contributed by atoms with Crippen LogP contribution in [0.5, 0.6) is 0 Å². The summed E-state index contributed by atoms with van der Waals surface area (Å²) in [5.41, 5.74) is 1.21. The zero-order valence-electron chi connectivity index (χ0n) is 14.3. The van der Waals surface area contributed by atoms with Gasteiger partial charge < -0.3 is 5.32 Å². The number of nitrogens with one attached hydrogen (secondary N) is 1. The Morgan fingerprint density at radius 2 is 1.89 bits per heavy atom. The number of para-hydroxylation sites is 1. The molecule has 0 aliphatic carbocycles. The highest BCUT2D eigenvalue weighted by molar-refractivity contribution is 9.10. The number of anilines is 1. The van der Waals surface area contributed by atoms with Gasteiger partial charge in [0, 0.05) is 28.8 Å². The van der Waals surface area contributed by atoms with Crippen LogP contribution in [0, 0.1) is 0 Å². The van der Waals surface area contributed by atoms with E-state index in [2.05, 4.69) is 26.2 Å². The van der Waals surface area contributed by atoms with E-state index in [0.29, 0.717) is 5.16 Å². The number of nitrogens with zero attached hydrogens (tertiary/aromatic N) is 2. The van der Waals surface area contributed by atoms with E-state index in [9.17, 15) is 13.2 Å². The van der Waals surface area contributed by atoms with Crippen LogP contribution in [0.3, 0.4) is 0 Å². The Morgan fingerprint density at radius 1 is 1.19 bits per heavy atom. The van der Waals surface area contributed by atoms with Gasteiger partial charge >= 0.3 is 0 Å². The van der Waals surface area contributed by atoms with Crippen LogP contribution in [-0.4, -0.2) is 35.9 Å². The second-order valence-electron chi connectivity index (χ2n) is 5.66. The van der Waals surface area contributed by atoms with Crippen LogP contribution >= 0.6 is 27.7 Å². The lowest BCUT2D eigenvalue weighted by Gasteiger charge is -2.10. The van der Waals surface area contributed by atoms with Gasteiger partial charge in [-0.1, -0.05) is 39.8 Å². The minimum absolute atomic E-state index is 0.0970. The van der Waals surface area contributed by atoms with Gasteiger partial charge in [0.15, 0.2) is 15.0 Å². The quantitative estimate of drug-likeness (QED) is 0.560. The number of aromatic nitrogens is 2. The summed E-state index contributed by atoms with van der Waals surface area (Å²) in [6.07, 6.45) is 4.60. The zero-order valence-corrected chi connectivity index (χ0v) is 17.5. The number of carbonyl (C=O) groups is 1. The van der Waals surface area contributed by atoms with Gasteiger partial charge in [-0.25, -0.2) is 13.4 Å². The zero-order chi connectivity index (χ0) is 19.4. The topological polar surface area (TPSA) is 81.1 Å². The van der Waals surface area contributed by atoms with Crippen molar-refractivity contribution in [1.82, 2.24) is 9.55 Å². The lowest BCUT2D eigenvalue weighted by molar-refractivity contribution is -0.113. The number of imidazole rings is 1. The molecule has 0 spiro atoms. The van der Waals surface area contributed by atoms with Crippen molar-refractivity contribution < 1.29 is 13.2 Å². The van der Waals surface area contributed by atoms with E-state index in [1.807, 2.05) is 35.0 Å². The number of benzene rings is 2. The maximum absolute atomic E-state index is 12.3. The summed E-state index contributed by atoms with van der Waals surface area (Å²) >= 11 is 4.67. The van der Waals surface area contributed by atoms with Crippen LogP contribution in [0.2, 0.25) is 0 Å². The summed E-state index contributed by atoms with van der Waals surface area (Å²) in [7, 11) is -3.43. The van der Waals surface area contributed by atoms with Crippen molar-refractivity contribution in [2.45, 2.75) is 10.1 Å². The van der Waals surface area contributed by atoms with Gasteiger partial charge in [-0.2, -0.15) is 0 Å². The first-order chi connectivity index (χ1) is 12.8. The molecule has 3 aromatic rings. The first-order valence-corrected chi connectivity index (χ1v) is 11.5. The lowest BCUT2D eigenvalue weighted by atomic mass is 10.3. The van der Waals surface area contributed by atoms with Crippen molar-refractivity contribution >= 4 is 49.1 Å². The predicted molar refractivity (Wildman–Crippen MR) is 110 cm³/mol. The molecule has 9 heteroatoms. The third kappa shape index (κ3) is 5.00. The van der Waals surface area contributed by atoms with Gasteiger partial charge in [-0.15, -0.1) is 0 Å². The van der Waals surface area contributed by atoms with E-state index in [4.69, 9.17) is 0 Å². The Kier molecular flexibility index (Phi) is 6.03. The molecule has 0 unspecified atom stereocenters. The molecule has 140 valence electrons. The number of thioether (sulfide) groups is 1. The molecule has 1 amide bonds. The van der Waals surface area contributed by atoms with Gasteiger partial charge in [0.1, 0.15) is 0 Å². The second kappa shape index (κ2) is 8.28. The SMILES string of the molecule is CS(=O)(=O)c1ccccc1NC(=O)CSc1nccn1-c1ccc(Br)cc1. The molecule has 0 aliphatic heterocycles. The van der Waals surface area contributed by atoms with Gasteiger partial charge in [-0.05, 0) is 36.4 Å². The number of halogens is 1. The average molecular weight is 466 g/mol. The van der Waals surface area contributed by atoms with Crippen molar-refractivity contribution in [3.63, 3.8) is 0 Å². The van der Waals surface area contributed by atoms with E-state index in [1.165, 1.54) is 17.8 Å². The number of amides is 1. The maximum Gasteiger partial charge on any atom is 0.234 e. The van der Waals surface area contributed by atoms with Crippen molar-refractivity contribution in [2.75, 3.05) is 17.3 Å². The fourth-order valence-electron chi connectivity index (χ4n) is 2.40. The molecule has 0 bridgehead atoms. The maximum atomic E-state index is 12.3. The van der Waals surface area contributed by atoms with E-state index in [-0.39, 0.29) is 22.2 Å². The normalized spacial score (nSPS) is 11.3. The van der Waals surface area contributed by atoms with Gasteiger partial charge in [0.05, 0.1) is 16.3 Å². The first kappa shape index (κ1) is 19.7. The summed E-state index contributed by atoms with van der Waals surface area (Å²) in [5, 5.41) is 3.33. The molecule has 0 aliphatic rings. The summed E-state index contributed by atoms with van der Waals surface area (Å²) < 4.78 is 26.5. The second-order valence-corrected chi connectivity index (χ2v) is 9.50. The Balaban J connectivity index is 1.70. The van der Waals surface area contributed by atoms with Crippen LogP contribution in [-0.2, 0) is 14.6 Å². The lowest BCUT2D eigenvalue weighted by Crippen LogP contribution is -2.16. The molecule has 1 heterocycles. The molecule has 0 atom stereocenters. The standard InChI is InChI=1S/C18H16BrN3O3S2/c1-27(24,25)16-5-3-2-4-15(16)21-17(23)12-26-18-20-10-11-22(18)14-8-6-13(19)7-9-14/h2-11H,12H2,1H3,(H,21,23). The van der Waals surface area contributed by atoms with Crippen molar-refractivity contribution in [3.05, 3.63) is 65.4 Å². The third-order valence-corrected chi connectivity index (χ3v) is 6.26. The highest BCUT2D eigenvalue weighted by Gasteiger charge is 2.15. The minimum Gasteiger partial charge on any atom is -0.324 e. The molecular formula is C18H16BrN3O3S2. The molecule has 6 nitrogen and oxygen atoms in total. The van der Waals surface area contributed by atoms with E-state index in [0.717, 1.165) is 16.4 Å². The van der Waals surface area contributed by atoms with Crippen LogP contribution in [0.15, 0.2) is 75.4 Å². The largest absolute Gasteiger partial charge is 0.324 e. The number of carbonyl (C=O) groups excluding carboxylic acids is 1. The van der Waals surface area contributed by atoms with Crippen LogP contribution in [0.25, 0.3) is 5.69 Å². The number of sulfone groups is 1. The van der Waals surface area contributed by atoms with E-state index in [1.54, 1.807) is 24.4 Å². The van der Waals surface area contributed by atoms with Gasteiger partial charge in [0.25, 0.3) is 0 Å². The van der Waals surface area contributed by atoms with Crippen LogP contribution < -0.4 is 5.32 Å². The molecule has 0 fully saturated rings. The van der Waals surface area contributed by atoms with Crippen molar-refractivity contribution in [2.24, 2.45) is 0 Å². The van der Waals surface area contributed by atoms with Crippen LogP contribution in [0.4, 0.5) is 5.69 Å². The monoisotopic (exact) mass is 465 g/mol. The van der Waals surface area contributed by atoms with E-state index < -0.39 is 9.84 Å². The molecule has 2 aromatic carbocycles. The molecule has 3 rings (SSSR count). The number of hydrogen-bond donors (Lipinski definition) is 1. The molecule has 27 heavy (non-hydrogen) atoms. The fourth-order valence-corrected chi connectivity index (χ4v) is 4.29. The minimum atomic E-state index is -3.43. The Labute approximate surface area is 170 Å². The average Bonchev–Trinajstić information content (AvgIpc) is 3.09. The summed E-state index contributed by atoms with van der Waals surface area (Å²) in [6, 6.07) is 14.1. The summed E-state index contributed by atoms with van der Waals surface area (Å²) in [4.78, 5) is 16.7. The highest BCUT2D eigenvalue weighted by atomic mass is 79.9. The molecule has 0 saturated heterocycles. The Morgan fingerprint density at radius 3 is 2.59 bits per heavy atom. The third-order valence-electron chi connectivity index (χ3n) is 3.60. The molecule has 0 saturated carbocycles. The molecular weight excluding hydrogens is 450 g/mol. The number of hydrogen-bond acceptors (Lipinski definition) is 5. The highest BCUT2D eigenvalue weighted by Crippen LogP contribution is 2.24. The Bertz CT molecular complexity index is 1060. The summed E-state index contributed by atoms with van der Waals surface area (Å²) in [6.45, 7) is 0. The van der Waals surface area contributed by atoms with Crippen molar-refractivity contribution in [3.8, 4) is 5.69 Å². The van der Waals surface area contributed by atoms with E-state index >= 15 is 0 Å². The Hall–Kier alpha value is -2.10. The molecule has 1 N–H and O–H groups in total. The van der Waals surface area contributed by atoms with Gasteiger partial charge in [-0.3, -0.25) is 9.36 Å². The summed E-state index contributed by atoms with van der Waals surface area (Å²) in [5.74, 6) is -0.201. The van der Waals surface area contributed by atoms with Gasteiger partial charge in [0.2, 0.25) is 5.91 Å². The molecule has 1 aromatic heterocycles. The predicted octanol–water partition coefficient (Wildman–Crippen LogP) is 3.77. The number of rotatable bonds is 6. The first-order valence-electron chi connectivity index (χ1n) is 7.85. The van der Waals surface area contributed by atoms with Crippen molar-refractivity contribution in [1.29, 1.82) is 0 Å². The van der Waals surface area contributed by atoms with Crippen LogP contribution in [0.1, 0.15) is 0 Å². The molecule has 0 radical (unpaired) electrons.